The second kappa shape index (κ2) is 3.14. The van der Waals surface area contributed by atoms with Crippen molar-refractivity contribution in [2.24, 2.45) is 0 Å². The van der Waals surface area contributed by atoms with Gasteiger partial charge in [0.2, 0.25) is 0 Å². The van der Waals surface area contributed by atoms with Crippen LogP contribution in [0.25, 0.3) is 5.65 Å². The quantitative estimate of drug-likeness (QED) is 0.708. The van der Waals surface area contributed by atoms with E-state index >= 15 is 0 Å². The molecule has 3 nitrogen and oxygen atoms in total. The van der Waals surface area contributed by atoms with Crippen molar-refractivity contribution in [2.45, 2.75) is 13.0 Å². The summed E-state index contributed by atoms with van der Waals surface area (Å²) in [5.41, 5.74) is 1.63. The summed E-state index contributed by atoms with van der Waals surface area (Å²) in [7, 11) is 0. The lowest BCUT2D eigenvalue weighted by Gasteiger charge is -2.05. The second-order valence-electron chi connectivity index (χ2n) is 2.89. The first-order valence-corrected chi connectivity index (χ1v) is 4.01. The average molecular weight is 180 g/mol. The maximum Gasteiger partial charge on any atom is 0.136 e. The van der Waals surface area contributed by atoms with Crippen LogP contribution in [-0.4, -0.2) is 9.38 Å². The summed E-state index contributed by atoms with van der Waals surface area (Å²) in [5.74, 6) is 0. The fourth-order valence-corrected chi connectivity index (χ4v) is 1.23. The molecule has 0 fully saturated rings. The van der Waals surface area contributed by atoms with Gasteiger partial charge in [-0.1, -0.05) is 6.07 Å². The van der Waals surface area contributed by atoms with Gasteiger partial charge in [0.15, 0.2) is 0 Å². The van der Waals surface area contributed by atoms with Crippen molar-refractivity contribution in [1.29, 1.82) is 0 Å². The maximum absolute atomic E-state index is 11.9. The SMILES string of the molecule is CC(OF)c1ccc2nccn2c1. The van der Waals surface area contributed by atoms with Crippen LogP contribution in [0.4, 0.5) is 4.53 Å². The zero-order valence-corrected chi connectivity index (χ0v) is 7.14. The summed E-state index contributed by atoms with van der Waals surface area (Å²) in [6.07, 6.45) is 4.77. The van der Waals surface area contributed by atoms with Gasteiger partial charge in [0.05, 0.1) is 0 Å². The van der Waals surface area contributed by atoms with Gasteiger partial charge >= 0.3 is 0 Å². The summed E-state index contributed by atoms with van der Waals surface area (Å²) in [6, 6.07) is 3.62. The van der Waals surface area contributed by atoms with Crippen molar-refractivity contribution in [3.8, 4) is 0 Å². The molecule has 0 aliphatic rings. The molecule has 0 saturated heterocycles. The van der Waals surface area contributed by atoms with Crippen LogP contribution in [0.15, 0.2) is 30.7 Å². The lowest BCUT2D eigenvalue weighted by Crippen LogP contribution is -1.95. The molecular formula is C9H9FN2O. The third kappa shape index (κ3) is 1.40. The van der Waals surface area contributed by atoms with Crippen molar-refractivity contribution in [1.82, 2.24) is 9.38 Å². The molecule has 0 saturated carbocycles. The van der Waals surface area contributed by atoms with Crippen LogP contribution >= 0.6 is 0 Å². The summed E-state index contributed by atoms with van der Waals surface area (Å²) < 4.78 is 13.7. The number of aromatic nitrogens is 2. The molecule has 0 spiro atoms. The number of hydrogen-bond acceptors (Lipinski definition) is 2. The van der Waals surface area contributed by atoms with E-state index in [0.717, 1.165) is 11.2 Å². The second-order valence-corrected chi connectivity index (χ2v) is 2.89. The first-order valence-electron chi connectivity index (χ1n) is 4.01. The fourth-order valence-electron chi connectivity index (χ4n) is 1.23. The molecule has 0 radical (unpaired) electrons. The molecule has 1 unspecified atom stereocenters. The summed E-state index contributed by atoms with van der Waals surface area (Å²) in [6.45, 7) is 1.65. The molecular weight excluding hydrogens is 171 g/mol. The molecule has 0 aliphatic carbocycles. The Bertz CT molecular complexity index is 413. The van der Waals surface area contributed by atoms with Gasteiger partial charge in [0, 0.05) is 24.2 Å². The Labute approximate surface area is 74.7 Å². The number of nitrogens with zero attached hydrogens (tertiary/aromatic N) is 2. The van der Waals surface area contributed by atoms with Crippen LogP contribution in [-0.2, 0) is 4.94 Å². The molecule has 13 heavy (non-hydrogen) atoms. The molecule has 0 aliphatic heterocycles. The van der Waals surface area contributed by atoms with E-state index in [4.69, 9.17) is 0 Å². The van der Waals surface area contributed by atoms with Gasteiger partial charge in [-0.25, -0.2) is 4.98 Å². The van der Waals surface area contributed by atoms with Crippen LogP contribution < -0.4 is 0 Å². The number of imidazole rings is 1. The Balaban J connectivity index is 2.48. The predicted molar refractivity (Wildman–Crippen MR) is 45.8 cm³/mol. The molecule has 2 heterocycles. The van der Waals surface area contributed by atoms with Crippen LogP contribution in [0.1, 0.15) is 18.6 Å². The van der Waals surface area contributed by atoms with Gasteiger partial charge in [0.1, 0.15) is 11.8 Å². The smallest absolute Gasteiger partial charge is 0.136 e. The van der Waals surface area contributed by atoms with Gasteiger partial charge in [-0.3, -0.25) is 0 Å². The molecule has 2 aromatic rings. The van der Waals surface area contributed by atoms with Crippen LogP contribution in [0.5, 0.6) is 0 Å². The fraction of sp³-hybridized carbons (Fsp3) is 0.222. The largest absolute Gasteiger partial charge is 0.307 e. The third-order valence-corrected chi connectivity index (χ3v) is 2.01. The van der Waals surface area contributed by atoms with Crippen molar-refractivity contribution < 1.29 is 9.47 Å². The van der Waals surface area contributed by atoms with Crippen molar-refractivity contribution in [2.75, 3.05) is 0 Å². The van der Waals surface area contributed by atoms with Gasteiger partial charge in [-0.15, -0.1) is 0 Å². The molecule has 4 heteroatoms. The topological polar surface area (TPSA) is 26.5 Å². The van der Waals surface area contributed by atoms with E-state index in [1.807, 2.05) is 16.7 Å². The Morgan fingerprint density at radius 1 is 1.54 bits per heavy atom. The minimum Gasteiger partial charge on any atom is -0.307 e. The third-order valence-electron chi connectivity index (χ3n) is 2.01. The first-order chi connectivity index (χ1) is 6.31. The summed E-state index contributed by atoms with van der Waals surface area (Å²) in [4.78, 5) is 7.80. The number of hydrogen-bond donors (Lipinski definition) is 0. The number of halogens is 1. The minimum absolute atomic E-state index is 0.535. The first kappa shape index (κ1) is 8.19. The molecule has 0 N–H and O–H groups in total. The van der Waals surface area contributed by atoms with Crippen molar-refractivity contribution in [3.05, 3.63) is 36.3 Å². The molecule has 0 bridgehead atoms. The predicted octanol–water partition coefficient (Wildman–Crippen LogP) is 2.30. The number of fused-ring (bicyclic) bond motifs is 1. The van der Waals surface area contributed by atoms with E-state index < -0.39 is 6.10 Å². The molecule has 0 amide bonds. The summed E-state index contributed by atoms with van der Waals surface area (Å²) >= 11 is 0. The van der Waals surface area contributed by atoms with Gasteiger partial charge in [0.25, 0.3) is 0 Å². The van der Waals surface area contributed by atoms with E-state index in [9.17, 15) is 4.53 Å². The lowest BCUT2D eigenvalue weighted by molar-refractivity contribution is -0.175. The normalized spacial score (nSPS) is 13.4. The number of rotatable bonds is 2. The Hall–Kier alpha value is -1.42. The minimum atomic E-state index is -0.535. The Morgan fingerprint density at radius 3 is 3.15 bits per heavy atom. The highest BCUT2D eigenvalue weighted by atomic mass is 19.3. The van der Waals surface area contributed by atoms with Crippen LogP contribution in [0.3, 0.4) is 0 Å². The monoisotopic (exact) mass is 180 g/mol. The van der Waals surface area contributed by atoms with Crippen molar-refractivity contribution in [3.63, 3.8) is 0 Å². The standard InChI is InChI=1S/C9H9FN2O/c1-7(13-10)8-2-3-9-11-4-5-12(9)6-8/h2-7H,1H3. The number of pyridine rings is 1. The molecule has 2 rings (SSSR count). The lowest BCUT2D eigenvalue weighted by atomic mass is 10.2. The Kier molecular flexibility index (Phi) is 1.98. The highest BCUT2D eigenvalue weighted by Crippen LogP contribution is 2.17. The van der Waals surface area contributed by atoms with E-state index in [1.54, 1.807) is 25.4 Å². The van der Waals surface area contributed by atoms with Gasteiger partial charge in [-0.05, 0) is 17.5 Å². The molecule has 0 aromatic carbocycles. The zero-order valence-electron chi connectivity index (χ0n) is 7.14. The average Bonchev–Trinajstić information content (AvgIpc) is 2.63. The summed E-state index contributed by atoms with van der Waals surface area (Å²) in [5, 5.41) is 0. The highest BCUT2D eigenvalue weighted by molar-refractivity contribution is 5.39. The van der Waals surface area contributed by atoms with E-state index in [2.05, 4.69) is 9.93 Å². The highest BCUT2D eigenvalue weighted by Gasteiger charge is 2.06. The maximum atomic E-state index is 11.9. The van der Waals surface area contributed by atoms with E-state index in [-0.39, 0.29) is 0 Å². The Morgan fingerprint density at radius 2 is 2.38 bits per heavy atom. The zero-order chi connectivity index (χ0) is 9.26. The van der Waals surface area contributed by atoms with Crippen LogP contribution in [0, 0.1) is 0 Å². The molecule has 2 aromatic heterocycles. The van der Waals surface area contributed by atoms with Crippen molar-refractivity contribution >= 4 is 5.65 Å². The van der Waals surface area contributed by atoms with E-state index in [1.165, 1.54) is 0 Å². The molecule has 1 atom stereocenters. The van der Waals surface area contributed by atoms with Gasteiger partial charge < -0.3 is 4.40 Å². The molecule has 68 valence electrons. The van der Waals surface area contributed by atoms with E-state index in [0.29, 0.717) is 0 Å². The van der Waals surface area contributed by atoms with Crippen LogP contribution in [0.2, 0.25) is 0 Å². The van der Waals surface area contributed by atoms with Gasteiger partial charge in [-0.2, -0.15) is 4.94 Å².